The van der Waals surface area contributed by atoms with Gasteiger partial charge >= 0.3 is 5.97 Å². The molecular weight excluding hydrogens is 406 g/mol. The van der Waals surface area contributed by atoms with E-state index < -0.39 is 21.5 Å². The number of hydrogen-bond acceptors (Lipinski definition) is 8. The molecule has 0 saturated heterocycles. The first-order valence-corrected chi connectivity index (χ1v) is 11.4. The number of esters is 1. The number of aliphatic imine (C=N–C) groups is 1. The van der Waals surface area contributed by atoms with E-state index in [9.17, 15) is 13.2 Å². The van der Waals surface area contributed by atoms with Crippen molar-refractivity contribution in [2.75, 3.05) is 17.6 Å². The van der Waals surface area contributed by atoms with Gasteiger partial charge in [-0.1, -0.05) is 23.9 Å². The SMILES string of the molecule is COC(=O)c1sccc1S(=O)(=O)Nc1cccc(C2(C)CCSC(N)=N2)c1. The van der Waals surface area contributed by atoms with Gasteiger partial charge in [0.15, 0.2) is 5.17 Å². The summed E-state index contributed by atoms with van der Waals surface area (Å²) in [5, 5.41) is 2.06. The van der Waals surface area contributed by atoms with E-state index in [0.717, 1.165) is 29.1 Å². The number of anilines is 1. The number of rotatable bonds is 5. The second kappa shape index (κ2) is 7.53. The zero-order chi connectivity index (χ0) is 19.7. The predicted molar refractivity (Wildman–Crippen MR) is 109 cm³/mol. The smallest absolute Gasteiger partial charge is 0.349 e. The molecule has 0 saturated carbocycles. The molecule has 0 bridgehead atoms. The molecule has 2 aromatic rings. The van der Waals surface area contributed by atoms with Crippen LogP contribution in [-0.2, 0) is 20.3 Å². The van der Waals surface area contributed by atoms with Crippen molar-refractivity contribution in [3.8, 4) is 0 Å². The van der Waals surface area contributed by atoms with Crippen LogP contribution in [0.4, 0.5) is 5.69 Å². The number of nitrogens with one attached hydrogen (secondary N) is 1. The molecular formula is C17H19N3O4S3. The molecule has 1 aliphatic rings. The van der Waals surface area contributed by atoms with Crippen LogP contribution in [0.15, 0.2) is 45.6 Å². The Morgan fingerprint density at radius 1 is 1.37 bits per heavy atom. The Hall–Kier alpha value is -2.04. The highest BCUT2D eigenvalue weighted by Crippen LogP contribution is 2.36. The Morgan fingerprint density at radius 2 is 2.15 bits per heavy atom. The number of methoxy groups -OCH3 is 1. The highest BCUT2D eigenvalue weighted by molar-refractivity contribution is 8.13. The lowest BCUT2D eigenvalue weighted by molar-refractivity contribution is 0.0602. The summed E-state index contributed by atoms with van der Waals surface area (Å²) in [4.78, 5) is 16.3. The number of sulfonamides is 1. The summed E-state index contributed by atoms with van der Waals surface area (Å²) in [5.74, 6) is 0.162. The van der Waals surface area contributed by atoms with Crippen molar-refractivity contribution in [1.29, 1.82) is 0 Å². The number of ether oxygens (including phenoxy) is 1. The molecule has 27 heavy (non-hydrogen) atoms. The lowest BCUT2D eigenvalue weighted by Gasteiger charge is -2.30. The van der Waals surface area contributed by atoms with Crippen molar-refractivity contribution < 1.29 is 17.9 Å². The van der Waals surface area contributed by atoms with Gasteiger partial charge in [-0.15, -0.1) is 11.3 Å². The zero-order valence-corrected chi connectivity index (χ0v) is 17.2. The Balaban J connectivity index is 1.92. The van der Waals surface area contributed by atoms with Crippen LogP contribution in [0, 0.1) is 0 Å². The lowest BCUT2D eigenvalue weighted by atomic mass is 9.89. The second-order valence-corrected chi connectivity index (χ2v) is 9.80. The van der Waals surface area contributed by atoms with Crippen molar-refractivity contribution in [3.05, 3.63) is 46.2 Å². The zero-order valence-electron chi connectivity index (χ0n) is 14.8. The Morgan fingerprint density at radius 3 is 2.85 bits per heavy atom. The minimum atomic E-state index is -3.94. The molecule has 0 spiro atoms. The maximum absolute atomic E-state index is 12.8. The molecule has 0 amide bonds. The van der Waals surface area contributed by atoms with Gasteiger partial charge in [0.05, 0.1) is 12.6 Å². The molecule has 1 aromatic carbocycles. The van der Waals surface area contributed by atoms with Gasteiger partial charge in [0, 0.05) is 11.4 Å². The number of thiophene rings is 1. The van der Waals surface area contributed by atoms with Gasteiger partial charge in [-0.3, -0.25) is 9.71 Å². The molecule has 0 fully saturated rings. The third-order valence-electron chi connectivity index (χ3n) is 4.22. The number of nitrogens with zero attached hydrogens (tertiary/aromatic N) is 1. The summed E-state index contributed by atoms with van der Waals surface area (Å²) in [5.41, 5.74) is 6.62. The maximum atomic E-state index is 12.8. The van der Waals surface area contributed by atoms with Gasteiger partial charge in [-0.2, -0.15) is 0 Å². The summed E-state index contributed by atoms with van der Waals surface area (Å²) in [6, 6.07) is 8.44. The number of hydrogen-bond donors (Lipinski definition) is 2. The number of amidine groups is 1. The van der Waals surface area contributed by atoms with Crippen LogP contribution >= 0.6 is 23.1 Å². The predicted octanol–water partition coefficient (Wildman–Crippen LogP) is 3.00. The van der Waals surface area contributed by atoms with Gasteiger partial charge in [0.1, 0.15) is 9.77 Å². The van der Waals surface area contributed by atoms with Crippen molar-refractivity contribution in [3.63, 3.8) is 0 Å². The molecule has 1 aliphatic heterocycles. The van der Waals surface area contributed by atoms with Gasteiger partial charge in [-0.25, -0.2) is 13.2 Å². The van der Waals surface area contributed by atoms with Crippen LogP contribution in [0.3, 0.4) is 0 Å². The fourth-order valence-corrected chi connectivity index (χ4v) is 6.13. The van der Waals surface area contributed by atoms with Gasteiger partial charge in [0.25, 0.3) is 10.0 Å². The number of carbonyl (C=O) groups excluding carboxylic acids is 1. The molecule has 1 unspecified atom stereocenters. The van der Waals surface area contributed by atoms with E-state index in [0.29, 0.717) is 10.9 Å². The van der Waals surface area contributed by atoms with E-state index in [2.05, 4.69) is 14.5 Å². The monoisotopic (exact) mass is 425 g/mol. The molecule has 0 radical (unpaired) electrons. The summed E-state index contributed by atoms with van der Waals surface area (Å²) >= 11 is 2.52. The summed E-state index contributed by atoms with van der Waals surface area (Å²) in [6.45, 7) is 1.97. The normalized spacial score (nSPS) is 20.0. The highest BCUT2D eigenvalue weighted by atomic mass is 32.2. The van der Waals surface area contributed by atoms with Crippen molar-refractivity contribution >= 4 is 49.9 Å². The molecule has 7 nitrogen and oxygen atoms in total. The Labute approximate surface area is 166 Å². The molecule has 3 N–H and O–H groups in total. The van der Waals surface area contributed by atoms with Gasteiger partial charge in [-0.05, 0) is 42.5 Å². The molecule has 1 aromatic heterocycles. The first kappa shape index (κ1) is 19.7. The fourth-order valence-electron chi connectivity index (χ4n) is 2.77. The molecule has 0 aliphatic carbocycles. The quantitative estimate of drug-likeness (QED) is 0.713. The standard InChI is InChI=1S/C17H19N3O4S3/c1-17(7-9-26-16(18)19-17)11-4-3-5-12(10-11)20-27(22,23)13-6-8-25-14(13)15(21)24-2/h3-6,8,10,20H,7,9H2,1-2H3,(H2,18,19). The highest BCUT2D eigenvalue weighted by Gasteiger charge is 2.30. The van der Waals surface area contributed by atoms with Gasteiger partial charge < -0.3 is 10.5 Å². The van der Waals surface area contributed by atoms with Crippen molar-refractivity contribution in [2.24, 2.45) is 10.7 Å². The second-order valence-electron chi connectivity index (χ2n) is 6.11. The van der Waals surface area contributed by atoms with E-state index in [1.54, 1.807) is 18.2 Å². The topological polar surface area (TPSA) is 111 Å². The molecule has 3 rings (SSSR count). The average Bonchev–Trinajstić information content (AvgIpc) is 3.11. The number of benzene rings is 1. The average molecular weight is 426 g/mol. The van der Waals surface area contributed by atoms with Crippen LogP contribution in [0.1, 0.15) is 28.6 Å². The third kappa shape index (κ3) is 4.12. The lowest BCUT2D eigenvalue weighted by Crippen LogP contribution is -2.28. The number of nitrogens with two attached hydrogens (primary N) is 1. The molecule has 10 heteroatoms. The van der Waals surface area contributed by atoms with Crippen LogP contribution < -0.4 is 10.5 Å². The summed E-state index contributed by atoms with van der Waals surface area (Å²) in [7, 11) is -2.73. The molecule has 2 heterocycles. The van der Waals surface area contributed by atoms with Crippen LogP contribution in [0.2, 0.25) is 0 Å². The van der Waals surface area contributed by atoms with E-state index in [4.69, 9.17) is 5.73 Å². The minimum Gasteiger partial charge on any atom is -0.465 e. The number of carbonyl (C=O) groups is 1. The fraction of sp³-hybridized carbons (Fsp3) is 0.294. The summed E-state index contributed by atoms with van der Waals surface area (Å²) < 4.78 is 32.7. The van der Waals surface area contributed by atoms with Crippen LogP contribution in [0.5, 0.6) is 0 Å². The van der Waals surface area contributed by atoms with Gasteiger partial charge in [0.2, 0.25) is 0 Å². The Bertz CT molecular complexity index is 1000. The van der Waals surface area contributed by atoms with Crippen molar-refractivity contribution in [2.45, 2.75) is 23.8 Å². The molecule has 144 valence electrons. The first-order valence-electron chi connectivity index (χ1n) is 8.02. The van der Waals surface area contributed by atoms with E-state index >= 15 is 0 Å². The van der Waals surface area contributed by atoms with E-state index in [1.807, 2.05) is 13.0 Å². The molecule has 1 atom stereocenters. The van der Waals surface area contributed by atoms with Crippen LogP contribution in [-0.4, -0.2) is 32.4 Å². The summed E-state index contributed by atoms with van der Waals surface area (Å²) in [6.07, 6.45) is 0.797. The number of thioether (sulfide) groups is 1. The Kier molecular flexibility index (Phi) is 5.50. The van der Waals surface area contributed by atoms with E-state index in [-0.39, 0.29) is 9.77 Å². The van der Waals surface area contributed by atoms with Crippen LogP contribution in [0.25, 0.3) is 0 Å². The maximum Gasteiger partial charge on any atom is 0.349 e. The van der Waals surface area contributed by atoms with Crippen molar-refractivity contribution in [1.82, 2.24) is 0 Å². The largest absolute Gasteiger partial charge is 0.465 e. The first-order chi connectivity index (χ1) is 12.7. The third-order valence-corrected chi connectivity index (χ3v) is 7.46. The van der Waals surface area contributed by atoms with E-state index in [1.165, 1.54) is 30.3 Å². The minimum absolute atomic E-state index is 0.0368.